The zero-order valence-electron chi connectivity index (χ0n) is 9.41. The molecule has 0 atom stereocenters. The molecule has 0 aliphatic rings. The van der Waals surface area contributed by atoms with E-state index in [-0.39, 0.29) is 0 Å². The molecule has 2 aromatic heterocycles. The normalized spacial score (nSPS) is 10.8. The Bertz CT molecular complexity index is 694. The number of fused-ring (bicyclic) bond motifs is 1. The third kappa shape index (κ3) is 1.67. The lowest BCUT2D eigenvalue weighted by atomic mass is 10.3. The SMILES string of the molecule is COc1ccc(-n2nnc3c(Cl)ncnc32)cc1. The van der Waals surface area contributed by atoms with E-state index in [2.05, 4.69) is 20.3 Å². The van der Waals surface area contributed by atoms with Crippen molar-refractivity contribution < 1.29 is 4.74 Å². The van der Waals surface area contributed by atoms with E-state index in [9.17, 15) is 0 Å². The van der Waals surface area contributed by atoms with E-state index in [0.717, 1.165) is 11.4 Å². The van der Waals surface area contributed by atoms with Crippen LogP contribution in [0, 0.1) is 0 Å². The van der Waals surface area contributed by atoms with Crippen molar-refractivity contribution in [1.82, 2.24) is 25.0 Å². The third-order valence-corrected chi connectivity index (χ3v) is 2.79. The Hall–Kier alpha value is -2.21. The highest BCUT2D eigenvalue weighted by Gasteiger charge is 2.11. The van der Waals surface area contributed by atoms with Crippen LogP contribution in [0.5, 0.6) is 5.75 Å². The molecule has 0 saturated carbocycles. The van der Waals surface area contributed by atoms with Crippen molar-refractivity contribution in [2.24, 2.45) is 0 Å². The van der Waals surface area contributed by atoms with Crippen LogP contribution in [0.3, 0.4) is 0 Å². The highest BCUT2D eigenvalue weighted by atomic mass is 35.5. The number of methoxy groups -OCH3 is 1. The Balaban J connectivity index is 2.16. The Morgan fingerprint density at radius 1 is 1.17 bits per heavy atom. The molecule has 3 aromatic rings. The maximum atomic E-state index is 5.92. The number of hydrogen-bond donors (Lipinski definition) is 0. The van der Waals surface area contributed by atoms with Crippen molar-refractivity contribution in [3.05, 3.63) is 35.7 Å². The summed E-state index contributed by atoms with van der Waals surface area (Å²) >= 11 is 5.92. The minimum Gasteiger partial charge on any atom is -0.497 e. The predicted molar refractivity (Wildman–Crippen MR) is 66.0 cm³/mol. The second kappa shape index (κ2) is 4.23. The summed E-state index contributed by atoms with van der Waals surface area (Å²) in [5.74, 6) is 0.774. The van der Waals surface area contributed by atoms with Gasteiger partial charge in [-0.25, -0.2) is 9.97 Å². The molecule has 0 aliphatic carbocycles. The number of hydrogen-bond acceptors (Lipinski definition) is 5. The van der Waals surface area contributed by atoms with Crippen LogP contribution in [0.2, 0.25) is 5.15 Å². The van der Waals surface area contributed by atoms with Crippen LogP contribution in [0.15, 0.2) is 30.6 Å². The fraction of sp³-hybridized carbons (Fsp3) is 0.0909. The second-order valence-electron chi connectivity index (χ2n) is 3.54. The van der Waals surface area contributed by atoms with Gasteiger partial charge < -0.3 is 4.74 Å². The topological polar surface area (TPSA) is 65.7 Å². The summed E-state index contributed by atoms with van der Waals surface area (Å²) < 4.78 is 6.70. The van der Waals surface area contributed by atoms with Gasteiger partial charge in [0.2, 0.25) is 0 Å². The molecule has 7 heteroatoms. The van der Waals surface area contributed by atoms with Crippen LogP contribution < -0.4 is 4.74 Å². The van der Waals surface area contributed by atoms with Crippen molar-refractivity contribution >= 4 is 22.8 Å². The first-order chi connectivity index (χ1) is 8.79. The molecule has 6 nitrogen and oxygen atoms in total. The zero-order valence-corrected chi connectivity index (χ0v) is 10.2. The lowest BCUT2D eigenvalue weighted by Crippen LogP contribution is -1.98. The number of ether oxygens (including phenoxy) is 1. The molecule has 0 unspecified atom stereocenters. The van der Waals surface area contributed by atoms with Gasteiger partial charge in [0.1, 0.15) is 12.1 Å². The first-order valence-corrected chi connectivity index (χ1v) is 5.54. The van der Waals surface area contributed by atoms with Crippen molar-refractivity contribution in [1.29, 1.82) is 0 Å². The smallest absolute Gasteiger partial charge is 0.188 e. The Labute approximate surface area is 107 Å². The summed E-state index contributed by atoms with van der Waals surface area (Å²) in [6.07, 6.45) is 1.38. The maximum absolute atomic E-state index is 5.92. The van der Waals surface area contributed by atoms with E-state index < -0.39 is 0 Å². The molecule has 3 rings (SSSR count). The van der Waals surface area contributed by atoms with Gasteiger partial charge in [-0.1, -0.05) is 16.8 Å². The van der Waals surface area contributed by atoms with Gasteiger partial charge in [-0.3, -0.25) is 0 Å². The van der Waals surface area contributed by atoms with E-state index >= 15 is 0 Å². The molecular weight excluding hydrogens is 254 g/mol. The van der Waals surface area contributed by atoms with Crippen molar-refractivity contribution in [3.63, 3.8) is 0 Å². The van der Waals surface area contributed by atoms with Gasteiger partial charge in [-0.15, -0.1) is 5.10 Å². The minimum atomic E-state index is 0.291. The van der Waals surface area contributed by atoms with Crippen molar-refractivity contribution in [2.75, 3.05) is 7.11 Å². The first kappa shape index (κ1) is 10.9. The van der Waals surface area contributed by atoms with Crippen molar-refractivity contribution in [3.8, 4) is 11.4 Å². The minimum absolute atomic E-state index is 0.291. The number of benzene rings is 1. The van der Waals surface area contributed by atoms with Crippen LogP contribution in [0.1, 0.15) is 0 Å². The summed E-state index contributed by atoms with van der Waals surface area (Å²) in [5.41, 5.74) is 1.88. The van der Waals surface area contributed by atoms with Crippen LogP contribution in [-0.2, 0) is 0 Å². The molecule has 0 N–H and O–H groups in total. The average Bonchev–Trinajstić information content (AvgIpc) is 2.84. The molecule has 2 heterocycles. The van der Waals surface area contributed by atoms with E-state index in [1.165, 1.54) is 6.33 Å². The van der Waals surface area contributed by atoms with Crippen LogP contribution in [0.4, 0.5) is 0 Å². The average molecular weight is 262 g/mol. The summed E-state index contributed by atoms with van der Waals surface area (Å²) in [4.78, 5) is 7.99. The molecule has 0 saturated heterocycles. The number of rotatable bonds is 2. The van der Waals surface area contributed by atoms with Gasteiger partial charge in [-0.05, 0) is 24.3 Å². The molecule has 0 spiro atoms. The van der Waals surface area contributed by atoms with Gasteiger partial charge in [0.15, 0.2) is 16.3 Å². The van der Waals surface area contributed by atoms with E-state index in [1.807, 2.05) is 24.3 Å². The first-order valence-electron chi connectivity index (χ1n) is 5.16. The molecular formula is C11H8ClN5O. The third-order valence-electron chi connectivity index (χ3n) is 2.51. The molecule has 0 amide bonds. The molecule has 0 fully saturated rings. The quantitative estimate of drug-likeness (QED) is 0.659. The summed E-state index contributed by atoms with van der Waals surface area (Å²) in [7, 11) is 1.62. The number of nitrogens with zero attached hydrogens (tertiary/aromatic N) is 5. The van der Waals surface area contributed by atoms with E-state index in [4.69, 9.17) is 16.3 Å². The van der Waals surface area contributed by atoms with Crippen LogP contribution >= 0.6 is 11.6 Å². The molecule has 1 aromatic carbocycles. The van der Waals surface area contributed by atoms with Crippen molar-refractivity contribution in [2.45, 2.75) is 0 Å². The molecule has 0 bridgehead atoms. The highest BCUT2D eigenvalue weighted by Crippen LogP contribution is 2.20. The lowest BCUT2D eigenvalue weighted by molar-refractivity contribution is 0.414. The van der Waals surface area contributed by atoms with Gasteiger partial charge in [0, 0.05) is 0 Å². The molecule has 0 radical (unpaired) electrons. The van der Waals surface area contributed by atoms with Gasteiger partial charge >= 0.3 is 0 Å². The largest absolute Gasteiger partial charge is 0.497 e. The molecule has 0 aliphatic heterocycles. The standard InChI is InChI=1S/C11H8ClN5O/c1-18-8-4-2-7(3-5-8)17-11-9(15-16-17)10(12)13-6-14-11/h2-6H,1H3. The maximum Gasteiger partial charge on any atom is 0.188 e. The van der Waals surface area contributed by atoms with Gasteiger partial charge in [0.25, 0.3) is 0 Å². The van der Waals surface area contributed by atoms with E-state index in [1.54, 1.807) is 11.8 Å². The summed E-state index contributed by atoms with van der Waals surface area (Å²) in [6, 6.07) is 7.41. The Morgan fingerprint density at radius 3 is 2.67 bits per heavy atom. The predicted octanol–water partition coefficient (Wildman–Crippen LogP) is 1.87. The monoisotopic (exact) mass is 261 g/mol. The summed E-state index contributed by atoms with van der Waals surface area (Å²) in [6.45, 7) is 0. The Morgan fingerprint density at radius 2 is 1.94 bits per heavy atom. The summed E-state index contributed by atoms with van der Waals surface area (Å²) in [5, 5.41) is 8.27. The highest BCUT2D eigenvalue weighted by molar-refractivity contribution is 6.33. The molecule has 18 heavy (non-hydrogen) atoms. The van der Waals surface area contributed by atoms with Gasteiger partial charge in [0.05, 0.1) is 12.8 Å². The fourth-order valence-electron chi connectivity index (χ4n) is 1.62. The van der Waals surface area contributed by atoms with Crippen LogP contribution in [-0.4, -0.2) is 32.1 Å². The number of halogens is 1. The lowest BCUT2D eigenvalue weighted by Gasteiger charge is -2.03. The zero-order chi connectivity index (χ0) is 12.5. The second-order valence-corrected chi connectivity index (χ2v) is 3.89. The molecule has 90 valence electrons. The fourth-order valence-corrected chi connectivity index (χ4v) is 1.78. The Kier molecular flexibility index (Phi) is 2.56. The van der Waals surface area contributed by atoms with Gasteiger partial charge in [-0.2, -0.15) is 4.68 Å². The van der Waals surface area contributed by atoms with E-state index in [0.29, 0.717) is 16.3 Å². The number of aromatic nitrogens is 5. The van der Waals surface area contributed by atoms with Crippen LogP contribution in [0.25, 0.3) is 16.9 Å².